The molecule has 33 heavy (non-hydrogen) atoms. The average molecular weight is 484 g/mol. The quantitative estimate of drug-likeness (QED) is 0.471. The van der Waals surface area contributed by atoms with E-state index in [9.17, 15) is 31.2 Å². The molecule has 1 atom stereocenters. The number of hydrogen-bond acceptors (Lipinski definition) is 5. The molecule has 7 nitrogen and oxygen atoms in total. The van der Waals surface area contributed by atoms with Gasteiger partial charge in [0.05, 0.1) is 29.5 Å². The Morgan fingerprint density at radius 3 is 2.39 bits per heavy atom. The van der Waals surface area contributed by atoms with Gasteiger partial charge in [-0.1, -0.05) is 31.5 Å². The number of aryl methyl sites for hydroxylation is 1. The number of unbranched alkanes of at least 4 members (excludes halogenated alkanes) is 1. The van der Waals surface area contributed by atoms with Crippen molar-refractivity contribution in [2.24, 2.45) is 0 Å². The van der Waals surface area contributed by atoms with E-state index in [2.05, 4.69) is 5.43 Å². The summed E-state index contributed by atoms with van der Waals surface area (Å²) < 4.78 is 70.7. The van der Waals surface area contributed by atoms with E-state index in [0.29, 0.717) is 22.0 Å². The number of nitrogens with zero attached hydrogens (tertiary/aromatic N) is 1. The minimum absolute atomic E-state index is 0.0240. The van der Waals surface area contributed by atoms with Crippen molar-refractivity contribution in [2.45, 2.75) is 50.2 Å². The fraction of sp³-hybridized carbons (Fsp3) is 0.364. The van der Waals surface area contributed by atoms with E-state index >= 15 is 0 Å². The molecule has 0 radical (unpaired) electrons. The molecule has 178 valence electrons. The number of halogens is 3. The number of rotatable bonds is 7. The maximum Gasteiger partial charge on any atom is 0.416 e. The van der Waals surface area contributed by atoms with Crippen LogP contribution >= 0.6 is 0 Å². The third kappa shape index (κ3) is 5.19. The van der Waals surface area contributed by atoms with Gasteiger partial charge in [-0.05, 0) is 48.7 Å². The van der Waals surface area contributed by atoms with E-state index in [4.69, 9.17) is 4.74 Å². The van der Waals surface area contributed by atoms with Crippen molar-refractivity contribution >= 4 is 21.9 Å². The predicted molar refractivity (Wildman–Crippen MR) is 112 cm³/mol. The number of benzene rings is 2. The number of alkyl halides is 3. The molecule has 2 aromatic rings. The summed E-state index contributed by atoms with van der Waals surface area (Å²) in [6.07, 6.45) is -3.45. The van der Waals surface area contributed by atoms with Crippen LogP contribution in [-0.4, -0.2) is 31.3 Å². The Bertz CT molecular complexity index is 1150. The van der Waals surface area contributed by atoms with Crippen molar-refractivity contribution < 1.29 is 35.9 Å². The van der Waals surface area contributed by atoms with Crippen molar-refractivity contribution in [3.8, 4) is 0 Å². The number of ether oxygens (including phenoxy) is 1. The molecule has 0 spiro atoms. The third-order valence-corrected chi connectivity index (χ3v) is 7.15. The van der Waals surface area contributed by atoms with Crippen molar-refractivity contribution in [1.82, 2.24) is 9.84 Å². The Kier molecular flexibility index (Phi) is 7.13. The van der Waals surface area contributed by atoms with Crippen LogP contribution < -0.4 is 5.43 Å². The summed E-state index contributed by atoms with van der Waals surface area (Å²) >= 11 is 0. The van der Waals surface area contributed by atoms with Crippen LogP contribution in [0.1, 0.15) is 59.3 Å². The molecule has 0 fully saturated rings. The Balaban J connectivity index is 1.90. The van der Waals surface area contributed by atoms with Gasteiger partial charge in [-0.15, -0.1) is 4.41 Å². The van der Waals surface area contributed by atoms with Gasteiger partial charge in [0.15, 0.2) is 0 Å². The van der Waals surface area contributed by atoms with Crippen molar-refractivity contribution in [3.05, 3.63) is 64.7 Å². The average Bonchev–Trinajstić information content (AvgIpc) is 2.95. The highest BCUT2D eigenvalue weighted by atomic mass is 32.2. The van der Waals surface area contributed by atoms with Gasteiger partial charge in [0.25, 0.3) is 15.9 Å². The standard InChI is InChI=1S/C22H23F3N2O5S/c1-3-4-12-32-19(28)13-18-17-7-5-6-14(2)20(17)33(30,31)27(18)26-21(29)15-8-10-16(11-9-15)22(23,24)25/h5-11,18H,3-4,12-13H2,1-2H3,(H,26,29). The molecule has 11 heteroatoms. The molecule has 1 aliphatic heterocycles. The highest BCUT2D eigenvalue weighted by molar-refractivity contribution is 7.89. The first-order valence-corrected chi connectivity index (χ1v) is 11.7. The second kappa shape index (κ2) is 9.52. The summed E-state index contributed by atoms with van der Waals surface area (Å²) in [4.78, 5) is 25.0. The number of hydrogen-bond donors (Lipinski definition) is 1. The lowest BCUT2D eigenvalue weighted by molar-refractivity contribution is -0.145. The Hall–Kier alpha value is -2.92. The summed E-state index contributed by atoms with van der Waals surface area (Å²) in [7, 11) is -4.22. The maximum absolute atomic E-state index is 13.2. The van der Waals surface area contributed by atoms with Gasteiger partial charge < -0.3 is 4.74 Å². The Morgan fingerprint density at radius 1 is 1.12 bits per heavy atom. The first-order valence-electron chi connectivity index (χ1n) is 10.2. The largest absolute Gasteiger partial charge is 0.466 e. The molecule has 0 aliphatic carbocycles. The number of esters is 1. The van der Waals surface area contributed by atoms with Crippen molar-refractivity contribution in [3.63, 3.8) is 0 Å². The highest BCUT2D eigenvalue weighted by Gasteiger charge is 2.46. The Morgan fingerprint density at radius 2 is 1.79 bits per heavy atom. The minimum Gasteiger partial charge on any atom is -0.466 e. The number of amides is 1. The summed E-state index contributed by atoms with van der Waals surface area (Å²) in [6.45, 7) is 3.70. The Labute approximate surface area is 189 Å². The summed E-state index contributed by atoms with van der Waals surface area (Å²) in [5.74, 6) is -1.56. The van der Waals surface area contributed by atoms with Crippen LogP contribution in [0.4, 0.5) is 13.2 Å². The number of hydrazine groups is 1. The number of sulfonamides is 1. The van der Waals surface area contributed by atoms with Gasteiger partial charge in [0, 0.05) is 5.56 Å². The monoisotopic (exact) mass is 484 g/mol. The van der Waals surface area contributed by atoms with Gasteiger partial charge in [0.2, 0.25) is 0 Å². The SMILES string of the molecule is CCCCOC(=O)CC1c2cccc(C)c2S(=O)(=O)N1NC(=O)c1ccc(C(F)(F)F)cc1. The lowest BCUT2D eigenvalue weighted by Gasteiger charge is -2.23. The first kappa shape index (κ1) is 24.7. The number of nitrogens with one attached hydrogen (secondary N) is 1. The van der Waals surface area contributed by atoms with Gasteiger partial charge in [0.1, 0.15) is 0 Å². The molecule has 0 bridgehead atoms. The van der Waals surface area contributed by atoms with Gasteiger partial charge >= 0.3 is 12.1 Å². The van der Waals surface area contributed by atoms with Crippen LogP contribution in [0.25, 0.3) is 0 Å². The molecule has 0 saturated carbocycles. The van der Waals surface area contributed by atoms with E-state index in [1.54, 1.807) is 25.1 Å². The zero-order valence-corrected chi connectivity index (χ0v) is 18.8. The maximum atomic E-state index is 13.2. The molecule has 0 saturated heterocycles. The van der Waals surface area contributed by atoms with Gasteiger partial charge in [-0.2, -0.15) is 13.2 Å². The molecule has 3 rings (SSSR count). The molecular formula is C22H23F3N2O5S. The molecule has 0 aromatic heterocycles. The summed E-state index contributed by atoms with van der Waals surface area (Å²) in [6, 6.07) is 7.09. The lowest BCUT2D eigenvalue weighted by atomic mass is 10.0. The number of carbonyl (C=O) groups is 2. The molecule has 1 N–H and O–H groups in total. The predicted octanol–water partition coefficient (Wildman–Crippen LogP) is 4.14. The highest BCUT2D eigenvalue weighted by Crippen LogP contribution is 2.42. The smallest absolute Gasteiger partial charge is 0.416 e. The second-order valence-electron chi connectivity index (χ2n) is 7.60. The van der Waals surface area contributed by atoms with Gasteiger partial charge in [-0.25, -0.2) is 8.42 Å². The fourth-order valence-electron chi connectivity index (χ4n) is 3.54. The molecule has 1 amide bonds. The van der Waals surface area contributed by atoms with Crippen LogP contribution in [0, 0.1) is 6.92 Å². The molecule has 2 aromatic carbocycles. The van der Waals surface area contributed by atoms with Crippen LogP contribution in [0.5, 0.6) is 0 Å². The summed E-state index contributed by atoms with van der Waals surface area (Å²) in [5, 5.41) is 0. The number of carbonyl (C=O) groups excluding carboxylic acids is 2. The zero-order chi connectivity index (χ0) is 24.4. The molecular weight excluding hydrogens is 461 g/mol. The third-order valence-electron chi connectivity index (χ3n) is 5.21. The molecule has 1 unspecified atom stereocenters. The topological polar surface area (TPSA) is 92.8 Å². The zero-order valence-electron chi connectivity index (χ0n) is 18.0. The summed E-state index contributed by atoms with van der Waals surface area (Å²) in [5.41, 5.74) is 1.91. The van der Waals surface area contributed by atoms with E-state index in [1.807, 2.05) is 6.92 Å². The fourth-order valence-corrected chi connectivity index (χ4v) is 5.44. The lowest BCUT2D eigenvalue weighted by Crippen LogP contribution is -2.45. The normalized spacial score (nSPS) is 17.4. The van der Waals surface area contributed by atoms with E-state index in [-0.39, 0.29) is 23.5 Å². The van der Waals surface area contributed by atoms with E-state index in [1.165, 1.54) is 0 Å². The van der Waals surface area contributed by atoms with Crippen LogP contribution in [0.3, 0.4) is 0 Å². The van der Waals surface area contributed by atoms with Gasteiger partial charge in [-0.3, -0.25) is 15.0 Å². The van der Waals surface area contributed by atoms with Crippen LogP contribution in [0.2, 0.25) is 0 Å². The van der Waals surface area contributed by atoms with Crippen molar-refractivity contribution in [1.29, 1.82) is 0 Å². The molecule has 1 aliphatic rings. The van der Waals surface area contributed by atoms with Crippen LogP contribution in [0.15, 0.2) is 47.4 Å². The van der Waals surface area contributed by atoms with Crippen molar-refractivity contribution in [2.75, 3.05) is 6.61 Å². The number of fused-ring (bicyclic) bond motifs is 1. The minimum atomic E-state index is -4.57. The first-order chi connectivity index (χ1) is 15.5. The van der Waals surface area contributed by atoms with E-state index in [0.717, 1.165) is 30.7 Å². The second-order valence-corrected chi connectivity index (χ2v) is 9.36. The molecule has 1 heterocycles. The van der Waals surface area contributed by atoms with Crippen LogP contribution in [-0.2, 0) is 25.7 Å². The van der Waals surface area contributed by atoms with E-state index < -0.39 is 39.7 Å².